The van der Waals surface area contributed by atoms with Gasteiger partial charge in [0.2, 0.25) is 0 Å². The lowest BCUT2D eigenvalue weighted by atomic mass is 10.0. The number of halogens is 1. The molecular weight excluding hydrogens is 380 g/mol. The first-order chi connectivity index (χ1) is 12.2. The number of esters is 1. The number of hydrogen-bond acceptors (Lipinski definition) is 3. The topological polar surface area (TPSA) is 35.5 Å². The molecule has 0 amide bonds. The first-order valence-electron chi connectivity index (χ1n) is 7.83. The Morgan fingerprint density at radius 3 is 2.44 bits per heavy atom. The largest absolute Gasteiger partial charge is 0.488 e. The van der Waals surface area contributed by atoms with Crippen LogP contribution >= 0.6 is 15.9 Å². The molecule has 0 aliphatic carbocycles. The van der Waals surface area contributed by atoms with Crippen LogP contribution in [-0.4, -0.2) is 13.1 Å². The summed E-state index contributed by atoms with van der Waals surface area (Å²) in [5.41, 5.74) is 3.41. The predicted octanol–water partition coefficient (Wildman–Crippen LogP) is 5.48. The summed E-state index contributed by atoms with van der Waals surface area (Å²) in [6.07, 6.45) is 0. The van der Waals surface area contributed by atoms with E-state index in [1.165, 1.54) is 7.11 Å². The van der Waals surface area contributed by atoms with Crippen molar-refractivity contribution in [3.8, 4) is 16.9 Å². The van der Waals surface area contributed by atoms with Gasteiger partial charge in [0.05, 0.1) is 12.7 Å². The highest BCUT2D eigenvalue weighted by Gasteiger charge is 2.14. The molecule has 0 heterocycles. The third kappa shape index (κ3) is 4.09. The van der Waals surface area contributed by atoms with E-state index in [2.05, 4.69) is 15.9 Å². The lowest BCUT2D eigenvalue weighted by Crippen LogP contribution is -2.03. The van der Waals surface area contributed by atoms with Gasteiger partial charge in [0.1, 0.15) is 12.4 Å². The van der Waals surface area contributed by atoms with Gasteiger partial charge in [-0.05, 0) is 45.3 Å². The number of carbonyl (C=O) groups excluding carboxylic acids is 1. The minimum absolute atomic E-state index is 0.378. The maximum absolute atomic E-state index is 11.9. The molecule has 0 aromatic heterocycles. The van der Waals surface area contributed by atoms with E-state index in [4.69, 9.17) is 9.47 Å². The molecule has 0 saturated heterocycles. The second-order valence-electron chi connectivity index (χ2n) is 5.46. The van der Waals surface area contributed by atoms with Gasteiger partial charge in [-0.25, -0.2) is 4.79 Å². The van der Waals surface area contributed by atoms with Gasteiger partial charge in [0, 0.05) is 10.0 Å². The molecule has 0 unspecified atom stereocenters. The fourth-order valence-electron chi connectivity index (χ4n) is 2.53. The minimum Gasteiger partial charge on any atom is -0.488 e. The van der Waals surface area contributed by atoms with Crippen LogP contribution < -0.4 is 4.74 Å². The van der Waals surface area contributed by atoms with Crippen molar-refractivity contribution in [2.45, 2.75) is 6.61 Å². The van der Waals surface area contributed by atoms with E-state index in [0.717, 1.165) is 22.4 Å². The maximum Gasteiger partial charge on any atom is 0.339 e. The Labute approximate surface area is 155 Å². The van der Waals surface area contributed by atoms with Gasteiger partial charge >= 0.3 is 5.97 Å². The molecule has 0 fully saturated rings. The number of benzene rings is 3. The van der Waals surface area contributed by atoms with E-state index in [0.29, 0.717) is 16.6 Å². The van der Waals surface area contributed by atoms with Crippen molar-refractivity contribution in [2.75, 3.05) is 7.11 Å². The molecule has 0 atom stereocenters. The normalized spacial score (nSPS) is 10.3. The molecule has 0 aliphatic heterocycles. The molecule has 3 rings (SSSR count). The highest BCUT2D eigenvalue weighted by Crippen LogP contribution is 2.33. The van der Waals surface area contributed by atoms with E-state index < -0.39 is 0 Å². The minimum atomic E-state index is -0.378. The highest BCUT2D eigenvalue weighted by molar-refractivity contribution is 9.10. The van der Waals surface area contributed by atoms with E-state index in [1.807, 2.05) is 66.7 Å². The van der Waals surface area contributed by atoms with Crippen LogP contribution in [-0.2, 0) is 11.3 Å². The van der Waals surface area contributed by atoms with Crippen molar-refractivity contribution in [3.05, 3.63) is 88.4 Å². The Morgan fingerprint density at radius 1 is 0.960 bits per heavy atom. The highest BCUT2D eigenvalue weighted by atomic mass is 79.9. The van der Waals surface area contributed by atoms with Gasteiger partial charge in [-0.2, -0.15) is 0 Å². The van der Waals surface area contributed by atoms with Crippen LogP contribution in [0.1, 0.15) is 15.9 Å². The molecule has 0 spiro atoms. The van der Waals surface area contributed by atoms with Crippen LogP contribution in [0.2, 0.25) is 0 Å². The lowest BCUT2D eigenvalue weighted by molar-refractivity contribution is 0.0599. The third-order valence-corrected chi connectivity index (χ3v) is 4.50. The number of carbonyl (C=O) groups is 1. The Balaban J connectivity index is 1.92. The molecule has 0 saturated carbocycles. The van der Waals surface area contributed by atoms with Gasteiger partial charge in [-0.3, -0.25) is 0 Å². The Morgan fingerprint density at radius 2 is 1.68 bits per heavy atom. The van der Waals surface area contributed by atoms with Gasteiger partial charge in [0.15, 0.2) is 0 Å². The summed E-state index contributed by atoms with van der Waals surface area (Å²) in [6, 6.07) is 23.4. The van der Waals surface area contributed by atoms with Crippen LogP contribution in [0, 0.1) is 0 Å². The zero-order chi connectivity index (χ0) is 17.6. The second kappa shape index (κ2) is 7.99. The van der Waals surface area contributed by atoms with Crippen LogP contribution in [0.4, 0.5) is 0 Å². The molecule has 0 radical (unpaired) electrons. The number of methoxy groups -OCH3 is 1. The maximum atomic E-state index is 11.9. The van der Waals surface area contributed by atoms with E-state index >= 15 is 0 Å². The molecule has 0 bridgehead atoms. The molecule has 4 heteroatoms. The number of ether oxygens (including phenoxy) is 2. The van der Waals surface area contributed by atoms with Crippen molar-refractivity contribution >= 4 is 21.9 Å². The molecule has 3 aromatic rings. The van der Waals surface area contributed by atoms with Crippen molar-refractivity contribution < 1.29 is 14.3 Å². The van der Waals surface area contributed by atoms with Crippen LogP contribution in [0.3, 0.4) is 0 Å². The summed E-state index contributed by atoms with van der Waals surface area (Å²) >= 11 is 3.39. The summed E-state index contributed by atoms with van der Waals surface area (Å²) in [6.45, 7) is 0.484. The second-order valence-corrected chi connectivity index (χ2v) is 6.31. The molecular formula is C21H17BrO3. The smallest absolute Gasteiger partial charge is 0.339 e. The lowest BCUT2D eigenvalue weighted by Gasteiger charge is -2.13. The molecule has 126 valence electrons. The SMILES string of the molecule is COC(=O)c1cc(-c2ccccc2OCc2ccccc2)ccc1Br. The third-order valence-electron chi connectivity index (χ3n) is 3.81. The zero-order valence-electron chi connectivity index (χ0n) is 13.7. The standard InChI is InChI=1S/C21H17BrO3/c1-24-21(23)18-13-16(11-12-19(18)22)17-9-5-6-10-20(17)25-14-15-7-3-2-4-8-15/h2-13H,14H2,1H3. The van der Waals surface area contributed by atoms with Crippen LogP contribution in [0.15, 0.2) is 77.3 Å². The van der Waals surface area contributed by atoms with E-state index in [9.17, 15) is 4.79 Å². The quantitative estimate of drug-likeness (QED) is 0.535. The van der Waals surface area contributed by atoms with Gasteiger partial charge < -0.3 is 9.47 Å². The monoisotopic (exact) mass is 396 g/mol. The first kappa shape index (κ1) is 17.2. The number of rotatable bonds is 5. The summed E-state index contributed by atoms with van der Waals surface area (Å²) in [7, 11) is 1.37. The van der Waals surface area contributed by atoms with Crippen molar-refractivity contribution in [2.24, 2.45) is 0 Å². The molecule has 0 aliphatic rings. The van der Waals surface area contributed by atoms with E-state index in [1.54, 1.807) is 6.07 Å². The molecule has 25 heavy (non-hydrogen) atoms. The summed E-state index contributed by atoms with van der Waals surface area (Å²) < 4.78 is 11.5. The average molecular weight is 397 g/mol. The van der Waals surface area contributed by atoms with Crippen molar-refractivity contribution in [1.82, 2.24) is 0 Å². The van der Waals surface area contributed by atoms with Crippen molar-refractivity contribution in [1.29, 1.82) is 0 Å². The average Bonchev–Trinajstić information content (AvgIpc) is 2.67. The summed E-state index contributed by atoms with van der Waals surface area (Å²) in [5.74, 6) is 0.390. The van der Waals surface area contributed by atoms with Gasteiger partial charge in [0.25, 0.3) is 0 Å². The molecule has 3 aromatic carbocycles. The van der Waals surface area contributed by atoms with Crippen LogP contribution in [0.5, 0.6) is 5.75 Å². The Bertz CT molecular complexity index is 875. The molecule has 0 N–H and O–H groups in total. The Kier molecular flexibility index (Phi) is 5.51. The fraction of sp³-hybridized carbons (Fsp3) is 0.0952. The fourth-order valence-corrected chi connectivity index (χ4v) is 2.93. The first-order valence-corrected chi connectivity index (χ1v) is 8.62. The summed E-state index contributed by atoms with van der Waals surface area (Å²) in [5, 5.41) is 0. The van der Waals surface area contributed by atoms with E-state index in [-0.39, 0.29) is 5.97 Å². The zero-order valence-corrected chi connectivity index (χ0v) is 15.3. The molecule has 3 nitrogen and oxygen atoms in total. The summed E-state index contributed by atoms with van der Waals surface area (Å²) in [4.78, 5) is 11.9. The van der Waals surface area contributed by atoms with Crippen LogP contribution in [0.25, 0.3) is 11.1 Å². The predicted molar refractivity (Wildman–Crippen MR) is 102 cm³/mol. The number of hydrogen-bond donors (Lipinski definition) is 0. The van der Waals surface area contributed by atoms with Crippen molar-refractivity contribution in [3.63, 3.8) is 0 Å². The number of para-hydroxylation sites is 1. The van der Waals surface area contributed by atoms with Gasteiger partial charge in [-0.15, -0.1) is 0 Å². The Hall–Kier alpha value is -2.59. The van der Waals surface area contributed by atoms with Gasteiger partial charge in [-0.1, -0.05) is 54.6 Å².